The summed E-state index contributed by atoms with van der Waals surface area (Å²) in [5, 5.41) is 11.1. The number of nitrogens with one attached hydrogen (secondary N) is 1. The van der Waals surface area contributed by atoms with E-state index in [1.165, 1.54) is 5.69 Å². The second kappa shape index (κ2) is 8.26. The summed E-state index contributed by atoms with van der Waals surface area (Å²) in [6, 6.07) is 13.0. The molecule has 0 bridgehead atoms. The van der Waals surface area contributed by atoms with Crippen molar-refractivity contribution in [2.24, 2.45) is 0 Å². The van der Waals surface area contributed by atoms with Crippen LogP contribution < -0.4 is 15.4 Å². The van der Waals surface area contributed by atoms with Gasteiger partial charge in [-0.1, -0.05) is 11.6 Å². The molecule has 1 fully saturated rings. The van der Waals surface area contributed by atoms with E-state index in [2.05, 4.69) is 14.8 Å². The Hall–Kier alpha value is -2.48. The smallest absolute Gasteiger partial charge is 0.417 e. The van der Waals surface area contributed by atoms with Crippen molar-refractivity contribution in [3.05, 3.63) is 58.0 Å². The number of hydrogen-bond donors (Lipinski definition) is 2. The first-order chi connectivity index (χ1) is 13.6. The maximum absolute atomic E-state index is 11.2. The van der Waals surface area contributed by atoms with E-state index in [0.29, 0.717) is 23.4 Å². The molecule has 2 heterocycles. The summed E-state index contributed by atoms with van der Waals surface area (Å²) in [6.07, 6.45) is -0.596. The zero-order chi connectivity index (χ0) is 19.5. The highest BCUT2D eigenvalue weighted by Gasteiger charge is 2.20. The van der Waals surface area contributed by atoms with Gasteiger partial charge in [0.15, 0.2) is 5.58 Å². The third-order valence-electron chi connectivity index (χ3n) is 4.87. The molecule has 1 aliphatic heterocycles. The summed E-state index contributed by atoms with van der Waals surface area (Å²) >= 11 is 5.95. The summed E-state index contributed by atoms with van der Waals surface area (Å²) in [5.74, 6) is 0.0843. The minimum Gasteiger partial charge on any atom is -0.491 e. The van der Waals surface area contributed by atoms with Crippen LogP contribution in [0.25, 0.3) is 11.1 Å². The standard InChI is InChI=1S/C20H22ClN3O4/c21-14-1-3-15(4-2-14)24-9-7-23(8-10-24)12-16(25)13-27-17-5-6-19-18(11-17)22-20(26)28-19/h1-6,11,16,25H,7-10,12-13H2,(H,22,26)/t16-/m0/s1. The molecule has 0 amide bonds. The molecule has 8 heteroatoms. The summed E-state index contributed by atoms with van der Waals surface area (Å²) in [5.41, 5.74) is 2.23. The molecule has 3 aromatic rings. The van der Waals surface area contributed by atoms with Crippen LogP contribution in [-0.4, -0.2) is 60.4 Å². The number of benzene rings is 2. The molecule has 1 atom stereocenters. The Morgan fingerprint density at radius 3 is 2.64 bits per heavy atom. The third-order valence-corrected chi connectivity index (χ3v) is 5.12. The Morgan fingerprint density at radius 1 is 1.14 bits per heavy atom. The summed E-state index contributed by atoms with van der Waals surface area (Å²) in [4.78, 5) is 18.3. The Bertz CT molecular complexity index is 977. The van der Waals surface area contributed by atoms with E-state index >= 15 is 0 Å². The molecule has 0 saturated carbocycles. The predicted octanol–water partition coefficient (Wildman–Crippen LogP) is 2.34. The topological polar surface area (TPSA) is 81.9 Å². The number of nitrogens with zero attached hydrogens (tertiary/aromatic N) is 2. The average Bonchev–Trinajstić information content (AvgIpc) is 3.07. The van der Waals surface area contributed by atoms with Gasteiger partial charge in [-0.25, -0.2) is 4.79 Å². The molecule has 1 aliphatic rings. The van der Waals surface area contributed by atoms with Gasteiger partial charge in [0.05, 0.1) is 5.52 Å². The molecule has 1 aromatic heterocycles. The highest BCUT2D eigenvalue weighted by Crippen LogP contribution is 2.20. The van der Waals surface area contributed by atoms with E-state index in [1.807, 2.05) is 24.3 Å². The number of hydrogen-bond acceptors (Lipinski definition) is 6. The second-order valence-corrected chi connectivity index (χ2v) is 7.34. The van der Waals surface area contributed by atoms with Crippen molar-refractivity contribution in [1.29, 1.82) is 0 Å². The van der Waals surface area contributed by atoms with Crippen molar-refractivity contribution in [3.8, 4) is 5.75 Å². The van der Waals surface area contributed by atoms with E-state index in [-0.39, 0.29) is 6.61 Å². The van der Waals surface area contributed by atoms with Crippen LogP contribution in [0.5, 0.6) is 5.75 Å². The van der Waals surface area contributed by atoms with Gasteiger partial charge in [0.1, 0.15) is 18.5 Å². The quantitative estimate of drug-likeness (QED) is 0.657. The van der Waals surface area contributed by atoms with E-state index in [0.717, 1.165) is 31.2 Å². The molecular formula is C20H22ClN3O4. The summed E-state index contributed by atoms with van der Waals surface area (Å²) in [6.45, 7) is 4.30. The number of piperazine rings is 1. The monoisotopic (exact) mass is 403 g/mol. The number of aliphatic hydroxyl groups excluding tert-OH is 1. The molecule has 7 nitrogen and oxygen atoms in total. The maximum atomic E-state index is 11.2. The van der Waals surface area contributed by atoms with Crippen molar-refractivity contribution < 1.29 is 14.3 Å². The van der Waals surface area contributed by atoms with Gasteiger partial charge in [-0.3, -0.25) is 9.88 Å². The second-order valence-electron chi connectivity index (χ2n) is 6.90. The lowest BCUT2D eigenvalue weighted by molar-refractivity contribution is 0.0663. The van der Waals surface area contributed by atoms with E-state index in [1.54, 1.807) is 18.2 Å². The number of anilines is 1. The number of H-pyrrole nitrogens is 1. The minimum absolute atomic E-state index is 0.186. The number of fused-ring (bicyclic) bond motifs is 1. The van der Waals surface area contributed by atoms with Gasteiger partial charge < -0.3 is 19.2 Å². The van der Waals surface area contributed by atoms with Crippen LogP contribution in [0.15, 0.2) is 51.7 Å². The van der Waals surface area contributed by atoms with Crippen molar-refractivity contribution in [3.63, 3.8) is 0 Å². The number of aromatic nitrogens is 1. The van der Waals surface area contributed by atoms with Crippen LogP contribution in [0, 0.1) is 0 Å². The highest BCUT2D eigenvalue weighted by molar-refractivity contribution is 6.30. The van der Waals surface area contributed by atoms with Gasteiger partial charge in [0.2, 0.25) is 0 Å². The SMILES string of the molecule is O=c1[nH]c2cc(OC[C@@H](O)CN3CCN(c4ccc(Cl)cc4)CC3)ccc2o1. The van der Waals surface area contributed by atoms with Crippen molar-refractivity contribution >= 4 is 28.4 Å². The number of aliphatic hydroxyl groups is 1. The van der Waals surface area contributed by atoms with Gasteiger partial charge in [-0.05, 0) is 36.4 Å². The lowest BCUT2D eigenvalue weighted by Gasteiger charge is -2.36. The van der Waals surface area contributed by atoms with Crippen LogP contribution in [0.2, 0.25) is 5.02 Å². The minimum atomic E-state index is -0.596. The number of rotatable bonds is 6. The first kappa shape index (κ1) is 18.9. The van der Waals surface area contributed by atoms with Gasteiger partial charge in [0, 0.05) is 49.5 Å². The molecule has 4 rings (SSSR count). The molecule has 148 valence electrons. The fourth-order valence-electron chi connectivity index (χ4n) is 3.40. The van der Waals surface area contributed by atoms with Crippen LogP contribution in [0.1, 0.15) is 0 Å². The zero-order valence-electron chi connectivity index (χ0n) is 15.3. The van der Waals surface area contributed by atoms with Crippen LogP contribution in [-0.2, 0) is 0 Å². The Labute approximate surface area is 167 Å². The zero-order valence-corrected chi connectivity index (χ0v) is 16.1. The van der Waals surface area contributed by atoms with Gasteiger partial charge >= 0.3 is 5.76 Å². The molecule has 0 radical (unpaired) electrons. The first-order valence-electron chi connectivity index (χ1n) is 9.23. The summed E-state index contributed by atoms with van der Waals surface area (Å²) in [7, 11) is 0. The van der Waals surface area contributed by atoms with E-state index < -0.39 is 11.9 Å². The molecule has 0 spiro atoms. The van der Waals surface area contributed by atoms with Gasteiger partial charge in [0.25, 0.3) is 0 Å². The average molecular weight is 404 g/mol. The van der Waals surface area contributed by atoms with Crippen LogP contribution in [0.3, 0.4) is 0 Å². The number of aromatic amines is 1. The van der Waals surface area contributed by atoms with E-state index in [9.17, 15) is 9.90 Å². The molecule has 0 unspecified atom stereocenters. The molecule has 0 aliphatic carbocycles. The van der Waals surface area contributed by atoms with E-state index in [4.69, 9.17) is 20.8 Å². The van der Waals surface area contributed by atoms with Crippen molar-refractivity contribution in [1.82, 2.24) is 9.88 Å². The fraction of sp³-hybridized carbons (Fsp3) is 0.350. The molecule has 2 aromatic carbocycles. The summed E-state index contributed by atoms with van der Waals surface area (Å²) < 4.78 is 10.6. The lowest BCUT2D eigenvalue weighted by atomic mass is 10.2. The Kier molecular flexibility index (Phi) is 5.57. The number of halogens is 1. The molecule has 1 saturated heterocycles. The third kappa shape index (κ3) is 4.49. The van der Waals surface area contributed by atoms with Crippen LogP contribution >= 0.6 is 11.6 Å². The maximum Gasteiger partial charge on any atom is 0.417 e. The van der Waals surface area contributed by atoms with Crippen molar-refractivity contribution in [2.75, 3.05) is 44.2 Å². The highest BCUT2D eigenvalue weighted by atomic mass is 35.5. The lowest BCUT2D eigenvalue weighted by Crippen LogP contribution is -2.49. The Morgan fingerprint density at radius 2 is 1.89 bits per heavy atom. The molecular weight excluding hydrogens is 382 g/mol. The number of oxazole rings is 1. The molecule has 28 heavy (non-hydrogen) atoms. The fourth-order valence-corrected chi connectivity index (χ4v) is 3.53. The first-order valence-corrected chi connectivity index (χ1v) is 9.61. The van der Waals surface area contributed by atoms with Crippen molar-refractivity contribution in [2.45, 2.75) is 6.10 Å². The number of β-amino-alcohol motifs (C(OH)–C–C–N with tert-alkyl or cyclic N) is 1. The largest absolute Gasteiger partial charge is 0.491 e. The Balaban J connectivity index is 1.24. The normalized spacial score (nSPS) is 16.4. The van der Waals surface area contributed by atoms with Gasteiger partial charge in [-0.2, -0.15) is 0 Å². The number of ether oxygens (including phenoxy) is 1. The molecule has 2 N–H and O–H groups in total. The van der Waals surface area contributed by atoms with Crippen LogP contribution in [0.4, 0.5) is 5.69 Å². The van der Waals surface area contributed by atoms with Gasteiger partial charge in [-0.15, -0.1) is 0 Å². The predicted molar refractivity (Wildman–Crippen MR) is 108 cm³/mol.